The van der Waals surface area contributed by atoms with Crippen molar-refractivity contribution in [3.63, 3.8) is 0 Å². The molecule has 2 heterocycles. The molecule has 1 amide bonds. The van der Waals surface area contributed by atoms with Gasteiger partial charge in [-0.15, -0.1) is 0 Å². The van der Waals surface area contributed by atoms with E-state index in [1.165, 1.54) is 13.3 Å². The van der Waals surface area contributed by atoms with Crippen LogP contribution in [0.15, 0.2) is 48.9 Å². The van der Waals surface area contributed by atoms with Gasteiger partial charge in [0, 0.05) is 18.0 Å². The summed E-state index contributed by atoms with van der Waals surface area (Å²) in [6.07, 6.45) is 4.97. The molecule has 0 unspecified atom stereocenters. The minimum absolute atomic E-state index is 0.286. The van der Waals surface area contributed by atoms with E-state index in [4.69, 9.17) is 0 Å². The average molecular weight is 342 g/mol. The number of nitrogens with zero attached hydrogens (tertiary/aromatic N) is 3. The molecule has 8 heteroatoms. The Labute approximate surface area is 141 Å². The third-order valence-corrected chi connectivity index (χ3v) is 4.13. The number of carbonyl (C=O) groups is 2. The molecular formula is C16H14N4O3S. The zero-order chi connectivity index (χ0) is 16.9. The molecule has 0 fully saturated rings. The van der Waals surface area contributed by atoms with Gasteiger partial charge in [0.15, 0.2) is 5.13 Å². The molecule has 0 aliphatic carbocycles. The summed E-state index contributed by atoms with van der Waals surface area (Å²) in [5.41, 5.74) is 1.55. The van der Waals surface area contributed by atoms with Crippen molar-refractivity contribution in [2.75, 3.05) is 12.4 Å². The Balaban J connectivity index is 1.64. The highest BCUT2D eigenvalue weighted by Gasteiger charge is 2.13. The third-order valence-electron chi connectivity index (χ3n) is 3.23. The maximum atomic E-state index is 12.2. The van der Waals surface area contributed by atoms with Gasteiger partial charge >= 0.3 is 5.97 Å². The van der Waals surface area contributed by atoms with Crippen molar-refractivity contribution >= 4 is 28.3 Å². The lowest BCUT2D eigenvalue weighted by Crippen LogP contribution is -2.11. The number of esters is 1. The van der Waals surface area contributed by atoms with E-state index in [1.54, 1.807) is 23.0 Å². The van der Waals surface area contributed by atoms with E-state index in [2.05, 4.69) is 20.1 Å². The Morgan fingerprint density at radius 1 is 1.29 bits per heavy atom. The fourth-order valence-electron chi connectivity index (χ4n) is 2.04. The number of ether oxygens (including phenoxy) is 1. The topological polar surface area (TPSA) is 86.1 Å². The predicted molar refractivity (Wildman–Crippen MR) is 89.2 cm³/mol. The molecule has 0 aliphatic rings. The summed E-state index contributed by atoms with van der Waals surface area (Å²) in [5, 5.41) is 7.16. The Kier molecular flexibility index (Phi) is 4.66. The van der Waals surface area contributed by atoms with Gasteiger partial charge in [0.25, 0.3) is 5.91 Å². The number of amides is 1. The number of anilines is 1. The number of methoxy groups -OCH3 is 1. The zero-order valence-corrected chi connectivity index (χ0v) is 13.6. The fraction of sp³-hybridized carbons (Fsp3) is 0.125. The number of benzene rings is 1. The average Bonchev–Trinajstić information content (AvgIpc) is 3.27. The predicted octanol–water partition coefficient (Wildman–Crippen LogP) is 2.43. The molecule has 0 bridgehead atoms. The first-order chi connectivity index (χ1) is 11.7. The summed E-state index contributed by atoms with van der Waals surface area (Å²) in [6.45, 7) is 0.643. The Bertz CT molecular complexity index is 841. The Hall–Kier alpha value is -3.00. The largest absolute Gasteiger partial charge is 0.465 e. The van der Waals surface area contributed by atoms with Crippen molar-refractivity contribution in [2.24, 2.45) is 0 Å². The van der Waals surface area contributed by atoms with E-state index in [9.17, 15) is 9.59 Å². The van der Waals surface area contributed by atoms with Crippen LogP contribution in [0.1, 0.15) is 25.6 Å². The smallest absolute Gasteiger partial charge is 0.349 e. The van der Waals surface area contributed by atoms with Crippen molar-refractivity contribution in [1.82, 2.24) is 14.8 Å². The molecule has 0 spiro atoms. The highest BCUT2D eigenvalue weighted by Crippen LogP contribution is 2.19. The summed E-state index contributed by atoms with van der Waals surface area (Å²) >= 11 is 1.07. The first-order valence-corrected chi connectivity index (χ1v) is 7.89. The van der Waals surface area contributed by atoms with E-state index in [1.807, 2.05) is 24.4 Å². The molecule has 0 saturated carbocycles. The highest BCUT2D eigenvalue weighted by atomic mass is 32.1. The molecule has 24 heavy (non-hydrogen) atoms. The molecule has 0 atom stereocenters. The number of nitrogens with one attached hydrogen (secondary N) is 1. The molecule has 2 aromatic heterocycles. The van der Waals surface area contributed by atoms with E-state index in [0.717, 1.165) is 16.9 Å². The number of carbonyl (C=O) groups excluding carboxylic acids is 2. The highest BCUT2D eigenvalue weighted by molar-refractivity contribution is 7.17. The third kappa shape index (κ3) is 3.66. The van der Waals surface area contributed by atoms with Crippen molar-refractivity contribution in [1.29, 1.82) is 0 Å². The Morgan fingerprint density at radius 2 is 2.08 bits per heavy atom. The molecule has 0 aliphatic heterocycles. The maximum Gasteiger partial charge on any atom is 0.349 e. The number of aromatic nitrogens is 3. The Morgan fingerprint density at radius 3 is 2.75 bits per heavy atom. The van der Waals surface area contributed by atoms with E-state index in [-0.39, 0.29) is 5.91 Å². The van der Waals surface area contributed by atoms with Crippen LogP contribution in [-0.2, 0) is 11.3 Å². The quantitative estimate of drug-likeness (QED) is 0.720. The molecule has 7 nitrogen and oxygen atoms in total. The molecule has 1 aromatic carbocycles. The van der Waals surface area contributed by atoms with Gasteiger partial charge in [0.2, 0.25) is 0 Å². The molecule has 122 valence electrons. The molecular weight excluding hydrogens is 328 g/mol. The minimum atomic E-state index is -0.476. The van der Waals surface area contributed by atoms with Crippen LogP contribution < -0.4 is 5.32 Å². The van der Waals surface area contributed by atoms with Crippen LogP contribution in [0, 0.1) is 0 Å². The standard InChI is InChI=1S/C16H14N4O3S/c1-23-15(22)13-9-17-16(24-13)19-14(21)12-5-3-11(4-6-12)10-20-8-2-7-18-20/h2-9H,10H2,1H3,(H,17,19,21). The van der Waals surface area contributed by atoms with Crippen LogP contribution in [0.2, 0.25) is 0 Å². The van der Waals surface area contributed by atoms with Crippen molar-refractivity contribution in [3.05, 3.63) is 64.9 Å². The summed E-state index contributed by atoms with van der Waals surface area (Å²) in [5.74, 6) is -0.762. The molecule has 0 saturated heterocycles. The van der Waals surface area contributed by atoms with Gasteiger partial charge in [-0.05, 0) is 23.8 Å². The van der Waals surface area contributed by atoms with E-state index in [0.29, 0.717) is 22.1 Å². The second-order valence-electron chi connectivity index (χ2n) is 4.88. The van der Waals surface area contributed by atoms with Gasteiger partial charge < -0.3 is 4.74 Å². The van der Waals surface area contributed by atoms with Crippen LogP contribution in [0.25, 0.3) is 0 Å². The monoisotopic (exact) mass is 342 g/mol. The van der Waals surface area contributed by atoms with E-state index >= 15 is 0 Å². The second kappa shape index (κ2) is 7.05. The van der Waals surface area contributed by atoms with Gasteiger partial charge in [-0.2, -0.15) is 5.10 Å². The van der Waals surface area contributed by atoms with Crippen LogP contribution >= 0.6 is 11.3 Å². The summed E-state index contributed by atoms with van der Waals surface area (Å²) in [4.78, 5) is 27.9. The van der Waals surface area contributed by atoms with Gasteiger partial charge in [-0.25, -0.2) is 9.78 Å². The normalized spacial score (nSPS) is 10.4. The van der Waals surface area contributed by atoms with Crippen LogP contribution in [0.5, 0.6) is 0 Å². The van der Waals surface area contributed by atoms with Gasteiger partial charge in [0.1, 0.15) is 4.88 Å². The lowest BCUT2D eigenvalue weighted by molar-refractivity contribution is 0.0606. The van der Waals surface area contributed by atoms with Crippen molar-refractivity contribution in [3.8, 4) is 0 Å². The minimum Gasteiger partial charge on any atom is -0.465 e. The van der Waals surface area contributed by atoms with Crippen molar-refractivity contribution < 1.29 is 14.3 Å². The summed E-state index contributed by atoms with van der Waals surface area (Å²) in [6, 6.07) is 9.08. The number of thiazole rings is 1. The van der Waals surface area contributed by atoms with Gasteiger partial charge in [-0.1, -0.05) is 23.5 Å². The van der Waals surface area contributed by atoms with Crippen LogP contribution in [0.3, 0.4) is 0 Å². The molecule has 0 radical (unpaired) electrons. The van der Waals surface area contributed by atoms with Crippen molar-refractivity contribution in [2.45, 2.75) is 6.54 Å². The number of hydrogen-bond acceptors (Lipinski definition) is 6. The van der Waals surface area contributed by atoms with Crippen LogP contribution in [-0.4, -0.2) is 33.8 Å². The SMILES string of the molecule is COC(=O)c1cnc(NC(=O)c2ccc(Cn3cccn3)cc2)s1. The van der Waals surface area contributed by atoms with Gasteiger partial charge in [0.05, 0.1) is 19.9 Å². The van der Waals surface area contributed by atoms with Crippen LogP contribution in [0.4, 0.5) is 5.13 Å². The first-order valence-electron chi connectivity index (χ1n) is 7.07. The molecule has 1 N–H and O–H groups in total. The second-order valence-corrected chi connectivity index (χ2v) is 5.91. The number of rotatable bonds is 5. The lowest BCUT2D eigenvalue weighted by Gasteiger charge is -2.04. The lowest BCUT2D eigenvalue weighted by atomic mass is 10.1. The zero-order valence-electron chi connectivity index (χ0n) is 12.8. The fourth-order valence-corrected chi connectivity index (χ4v) is 2.77. The maximum absolute atomic E-state index is 12.2. The first kappa shape index (κ1) is 15.9. The number of hydrogen-bond donors (Lipinski definition) is 1. The molecule has 3 rings (SSSR count). The van der Waals surface area contributed by atoms with Gasteiger partial charge in [-0.3, -0.25) is 14.8 Å². The summed E-state index contributed by atoms with van der Waals surface area (Å²) < 4.78 is 6.41. The molecule has 3 aromatic rings. The van der Waals surface area contributed by atoms with E-state index < -0.39 is 5.97 Å². The summed E-state index contributed by atoms with van der Waals surface area (Å²) in [7, 11) is 1.30.